The van der Waals surface area contributed by atoms with E-state index in [1.54, 1.807) is 30.3 Å². The summed E-state index contributed by atoms with van der Waals surface area (Å²) in [6.45, 7) is 1.57. The summed E-state index contributed by atoms with van der Waals surface area (Å²) in [7, 11) is 4.36. The van der Waals surface area contributed by atoms with Crippen LogP contribution in [0.3, 0.4) is 0 Å². The normalized spacial score (nSPS) is 10.7. The van der Waals surface area contributed by atoms with Gasteiger partial charge in [0.25, 0.3) is 5.91 Å². The highest BCUT2D eigenvalue weighted by atomic mass is 79.9. The number of rotatable bonds is 10. The summed E-state index contributed by atoms with van der Waals surface area (Å²) in [6, 6.07) is 11.4. The Balaban J connectivity index is 1.75. The molecule has 0 unspecified atom stereocenters. The van der Waals surface area contributed by atoms with Crippen LogP contribution in [-0.2, 0) is 4.79 Å². The fraction of sp³-hybridized carbons (Fsp3) is 0.192. The van der Waals surface area contributed by atoms with Crippen molar-refractivity contribution < 1.29 is 33.3 Å². The molecule has 0 spiro atoms. The van der Waals surface area contributed by atoms with E-state index in [1.807, 2.05) is 6.92 Å². The first-order valence-electron chi connectivity index (χ1n) is 10.9. The monoisotopic (exact) mass is 668 g/mol. The molecule has 200 valence electrons. The lowest BCUT2D eigenvalue weighted by atomic mass is 10.1. The SMILES string of the molecule is COc1cc(C(=O)Oc2c(Br)cc(Br)cc2/C=N/NC(=O)COc2ccc(Cl)c(C)c2)cc(OC)c1OC. The number of methoxy groups -OCH3 is 3. The first kappa shape index (κ1) is 29.3. The van der Waals surface area contributed by atoms with Crippen molar-refractivity contribution in [1.29, 1.82) is 0 Å². The Hall–Kier alpha value is -3.28. The van der Waals surface area contributed by atoms with E-state index >= 15 is 0 Å². The summed E-state index contributed by atoms with van der Waals surface area (Å²) in [5, 5.41) is 4.58. The molecule has 9 nitrogen and oxygen atoms in total. The van der Waals surface area contributed by atoms with Gasteiger partial charge in [-0.1, -0.05) is 27.5 Å². The van der Waals surface area contributed by atoms with Crippen LogP contribution in [0.1, 0.15) is 21.5 Å². The van der Waals surface area contributed by atoms with Crippen molar-refractivity contribution >= 4 is 61.6 Å². The lowest BCUT2D eigenvalue weighted by Gasteiger charge is -2.15. The molecule has 0 saturated heterocycles. The van der Waals surface area contributed by atoms with Gasteiger partial charge in [0.15, 0.2) is 23.9 Å². The number of carbonyl (C=O) groups excluding carboxylic acids is 2. The maximum Gasteiger partial charge on any atom is 0.343 e. The summed E-state index contributed by atoms with van der Waals surface area (Å²) < 4.78 is 28.2. The molecule has 3 rings (SSSR count). The number of esters is 1. The third-order valence-corrected chi connectivity index (χ3v) is 6.50. The third-order valence-electron chi connectivity index (χ3n) is 5.02. The number of hydrogen-bond acceptors (Lipinski definition) is 8. The topological polar surface area (TPSA) is 105 Å². The number of aryl methyl sites for hydroxylation is 1. The molecule has 0 aromatic heterocycles. The molecular weight excluding hydrogens is 648 g/mol. The second-order valence-corrected chi connectivity index (χ2v) is 9.78. The van der Waals surface area contributed by atoms with E-state index in [2.05, 4.69) is 42.4 Å². The van der Waals surface area contributed by atoms with E-state index in [0.717, 1.165) is 5.56 Å². The number of hydrazone groups is 1. The summed E-state index contributed by atoms with van der Waals surface area (Å²) >= 11 is 12.8. The van der Waals surface area contributed by atoms with Crippen LogP contribution < -0.4 is 29.1 Å². The summed E-state index contributed by atoms with van der Waals surface area (Å²) in [5.41, 5.74) is 3.78. The highest BCUT2D eigenvalue weighted by Gasteiger charge is 2.20. The maximum absolute atomic E-state index is 13.0. The molecule has 0 aliphatic rings. The average molecular weight is 671 g/mol. The van der Waals surface area contributed by atoms with Gasteiger partial charge in [0, 0.05) is 15.1 Å². The van der Waals surface area contributed by atoms with Gasteiger partial charge in [-0.15, -0.1) is 0 Å². The number of ether oxygens (including phenoxy) is 5. The molecule has 0 aliphatic carbocycles. The second-order valence-electron chi connectivity index (χ2n) is 7.60. The minimum absolute atomic E-state index is 0.167. The first-order chi connectivity index (χ1) is 18.2. The number of carbonyl (C=O) groups is 2. The molecule has 1 amide bonds. The zero-order valence-corrected chi connectivity index (χ0v) is 24.7. The predicted molar refractivity (Wildman–Crippen MR) is 150 cm³/mol. The minimum Gasteiger partial charge on any atom is -0.493 e. The van der Waals surface area contributed by atoms with Crippen LogP contribution in [0, 0.1) is 6.92 Å². The van der Waals surface area contributed by atoms with E-state index < -0.39 is 11.9 Å². The van der Waals surface area contributed by atoms with E-state index in [4.69, 9.17) is 35.3 Å². The van der Waals surface area contributed by atoms with Crippen molar-refractivity contribution in [2.24, 2.45) is 5.10 Å². The average Bonchev–Trinajstić information content (AvgIpc) is 2.90. The molecule has 0 bridgehead atoms. The van der Waals surface area contributed by atoms with Crippen LogP contribution in [0.5, 0.6) is 28.7 Å². The number of hydrogen-bond donors (Lipinski definition) is 1. The Bertz CT molecular complexity index is 1360. The highest BCUT2D eigenvalue weighted by molar-refractivity contribution is 9.11. The van der Waals surface area contributed by atoms with Crippen LogP contribution in [0.4, 0.5) is 0 Å². The van der Waals surface area contributed by atoms with Crippen LogP contribution >= 0.6 is 43.5 Å². The van der Waals surface area contributed by atoms with Gasteiger partial charge in [-0.3, -0.25) is 4.79 Å². The Labute approximate surface area is 241 Å². The van der Waals surface area contributed by atoms with Crippen molar-refractivity contribution in [3.8, 4) is 28.7 Å². The van der Waals surface area contributed by atoms with Crippen LogP contribution in [-0.4, -0.2) is 46.0 Å². The first-order valence-corrected chi connectivity index (χ1v) is 12.8. The lowest BCUT2D eigenvalue weighted by Crippen LogP contribution is -2.24. The number of benzene rings is 3. The number of amides is 1. The van der Waals surface area contributed by atoms with Gasteiger partial charge >= 0.3 is 5.97 Å². The van der Waals surface area contributed by atoms with Gasteiger partial charge in [0.05, 0.1) is 37.6 Å². The second kappa shape index (κ2) is 13.5. The number of nitrogens with zero attached hydrogens (tertiary/aromatic N) is 1. The molecule has 1 N–H and O–H groups in total. The van der Waals surface area contributed by atoms with Crippen molar-refractivity contribution in [2.75, 3.05) is 27.9 Å². The van der Waals surface area contributed by atoms with Crippen LogP contribution in [0.2, 0.25) is 5.02 Å². The summed E-state index contributed by atoms with van der Waals surface area (Å²) in [4.78, 5) is 25.2. The van der Waals surface area contributed by atoms with E-state index in [1.165, 1.54) is 39.7 Å². The molecule has 12 heteroatoms. The Kier molecular flexibility index (Phi) is 10.4. The van der Waals surface area contributed by atoms with Gasteiger partial charge in [-0.2, -0.15) is 5.10 Å². The molecule has 0 atom stereocenters. The molecule has 0 aliphatic heterocycles. The quantitative estimate of drug-likeness (QED) is 0.123. The van der Waals surface area contributed by atoms with Crippen molar-refractivity contribution in [3.05, 3.63) is 73.1 Å². The van der Waals surface area contributed by atoms with E-state index in [-0.39, 0.29) is 17.9 Å². The Morgan fingerprint density at radius 3 is 2.26 bits per heavy atom. The highest BCUT2D eigenvalue weighted by Crippen LogP contribution is 2.39. The molecule has 0 heterocycles. The van der Waals surface area contributed by atoms with Crippen LogP contribution in [0.15, 0.2) is 56.5 Å². The number of halogens is 3. The van der Waals surface area contributed by atoms with Gasteiger partial charge in [-0.05, 0) is 70.9 Å². The largest absolute Gasteiger partial charge is 0.493 e. The lowest BCUT2D eigenvalue weighted by molar-refractivity contribution is -0.123. The molecule has 0 radical (unpaired) electrons. The van der Waals surface area contributed by atoms with Crippen molar-refractivity contribution in [3.63, 3.8) is 0 Å². The molecule has 38 heavy (non-hydrogen) atoms. The Morgan fingerprint density at radius 1 is 0.974 bits per heavy atom. The zero-order chi connectivity index (χ0) is 27.8. The maximum atomic E-state index is 13.0. The molecule has 3 aromatic carbocycles. The van der Waals surface area contributed by atoms with Gasteiger partial charge in [0.1, 0.15) is 5.75 Å². The summed E-state index contributed by atoms with van der Waals surface area (Å²) in [5.74, 6) is 0.454. The van der Waals surface area contributed by atoms with Gasteiger partial charge in [0.2, 0.25) is 5.75 Å². The van der Waals surface area contributed by atoms with E-state index in [9.17, 15) is 9.59 Å². The molecule has 0 fully saturated rings. The Morgan fingerprint density at radius 2 is 1.66 bits per heavy atom. The smallest absolute Gasteiger partial charge is 0.343 e. The van der Waals surface area contributed by atoms with Gasteiger partial charge in [-0.25, -0.2) is 10.2 Å². The third kappa shape index (κ3) is 7.40. The molecule has 0 saturated carbocycles. The molecule has 3 aromatic rings. The van der Waals surface area contributed by atoms with E-state index in [0.29, 0.717) is 42.5 Å². The fourth-order valence-electron chi connectivity index (χ4n) is 3.20. The zero-order valence-electron chi connectivity index (χ0n) is 20.8. The minimum atomic E-state index is -0.683. The van der Waals surface area contributed by atoms with Crippen molar-refractivity contribution in [2.45, 2.75) is 6.92 Å². The number of nitrogens with one attached hydrogen (secondary N) is 1. The predicted octanol–water partition coefficient (Wildman–Crippen LogP) is 5.95. The van der Waals surface area contributed by atoms with Crippen LogP contribution in [0.25, 0.3) is 0 Å². The van der Waals surface area contributed by atoms with Gasteiger partial charge < -0.3 is 23.7 Å². The summed E-state index contributed by atoms with van der Waals surface area (Å²) in [6.07, 6.45) is 1.34. The molecular formula is C26H23Br2ClN2O7. The fourth-order valence-corrected chi connectivity index (χ4v) is 4.65. The standard InChI is InChI=1S/C26H23Br2ClN2O7/c1-14-7-18(5-6-20(14)29)37-13-23(32)31-30-12-16-8-17(27)11-19(28)24(16)38-26(33)15-9-21(34-2)25(36-4)22(10-15)35-3/h5-12H,13H2,1-4H3,(H,31,32)/b30-12+. The van der Waals surface area contributed by atoms with Crippen molar-refractivity contribution in [1.82, 2.24) is 5.43 Å².